The summed E-state index contributed by atoms with van der Waals surface area (Å²) >= 11 is 0. The van der Waals surface area contributed by atoms with Gasteiger partial charge in [0.2, 0.25) is 0 Å². The van der Waals surface area contributed by atoms with Crippen molar-refractivity contribution in [1.82, 2.24) is 0 Å². The van der Waals surface area contributed by atoms with Crippen LogP contribution in [-0.4, -0.2) is 28.0 Å². The first-order chi connectivity index (χ1) is 8.13. The van der Waals surface area contributed by atoms with Gasteiger partial charge in [0, 0.05) is 0 Å². The first kappa shape index (κ1) is 12.1. The van der Waals surface area contributed by atoms with Crippen LogP contribution >= 0.6 is 0 Å². The van der Waals surface area contributed by atoms with Gasteiger partial charge in [0.1, 0.15) is 12.2 Å². The van der Waals surface area contributed by atoms with Gasteiger partial charge in [-0.15, -0.1) is 0 Å². The van der Waals surface area contributed by atoms with Crippen molar-refractivity contribution in [1.29, 1.82) is 5.26 Å². The van der Waals surface area contributed by atoms with Crippen molar-refractivity contribution in [2.75, 3.05) is 6.61 Å². The number of hydrogen-bond donors (Lipinski definition) is 3. The van der Waals surface area contributed by atoms with E-state index in [1.54, 1.807) is 24.3 Å². The smallest absolute Gasteiger partial charge is 0.107 e. The van der Waals surface area contributed by atoms with Crippen molar-refractivity contribution < 1.29 is 15.3 Å². The van der Waals surface area contributed by atoms with Crippen LogP contribution in [0.3, 0.4) is 0 Å². The Morgan fingerprint density at radius 1 is 1.24 bits per heavy atom. The molecule has 2 atom stereocenters. The van der Waals surface area contributed by atoms with E-state index in [9.17, 15) is 10.2 Å². The Morgan fingerprint density at radius 2 is 1.82 bits per heavy atom. The summed E-state index contributed by atoms with van der Waals surface area (Å²) in [6.07, 6.45) is -0.506. The quantitative estimate of drug-likeness (QED) is 0.712. The maximum atomic E-state index is 9.68. The summed E-state index contributed by atoms with van der Waals surface area (Å²) in [6, 6.07) is 9.29. The lowest BCUT2D eigenvalue weighted by atomic mass is 9.95. The van der Waals surface area contributed by atoms with Crippen molar-refractivity contribution in [2.24, 2.45) is 0 Å². The summed E-state index contributed by atoms with van der Waals surface area (Å²) in [5.74, 6) is 0. The molecule has 0 heterocycles. The van der Waals surface area contributed by atoms with Gasteiger partial charge in [0.05, 0.1) is 18.1 Å². The molecule has 0 amide bonds. The SMILES string of the molecule is N#CC1(c2ccc(C(O)C(O)CO)cc2)CC1. The molecule has 0 aromatic heterocycles. The lowest BCUT2D eigenvalue weighted by molar-refractivity contribution is -0.0152. The third kappa shape index (κ3) is 2.18. The maximum absolute atomic E-state index is 9.68. The third-order valence-electron chi connectivity index (χ3n) is 3.32. The van der Waals surface area contributed by atoms with Gasteiger partial charge in [-0.05, 0) is 24.0 Å². The van der Waals surface area contributed by atoms with Gasteiger partial charge >= 0.3 is 0 Å². The van der Waals surface area contributed by atoms with Crippen LogP contribution in [0.15, 0.2) is 24.3 Å². The average molecular weight is 233 g/mol. The fourth-order valence-corrected chi connectivity index (χ4v) is 1.91. The van der Waals surface area contributed by atoms with Crippen molar-refractivity contribution in [3.8, 4) is 6.07 Å². The highest BCUT2D eigenvalue weighted by Gasteiger charge is 2.44. The minimum atomic E-state index is -1.17. The molecular weight excluding hydrogens is 218 g/mol. The summed E-state index contributed by atoms with van der Waals surface area (Å²) in [7, 11) is 0. The minimum absolute atomic E-state index is 0.334. The van der Waals surface area contributed by atoms with Crippen molar-refractivity contribution in [2.45, 2.75) is 30.5 Å². The Hall–Kier alpha value is -1.41. The molecule has 1 saturated carbocycles. The molecular formula is C13H15NO3. The van der Waals surface area contributed by atoms with E-state index in [0.29, 0.717) is 5.56 Å². The maximum Gasteiger partial charge on any atom is 0.107 e. The van der Waals surface area contributed by atoms with Crippen molar-refractivity contribution >= 4 is 0 Å². The van der Waals surface area contributed by atoms with Gasteiger partial charge in [-0.25, -0.2) is 0 Å². The Balaban J connectivity index is 2.17. The molecule has 17 heavy (non-hydrogen) atoms. The highest BCUT2D eigenvalue weighted by atomic mass is 16.4. The first-order valence-corrected chi connectivity index (χ1v) is 5.61. The summed E-state index contributed by atoms with van der Waals surface area (Å²) in [4.78, 5) is 0. The van der Waals surface area contributed by atoms with E-state index in [4.69, 9.17) is 10.4 Å². The van der Waals surface area contributed by atoms with Crippen molar-refractivity contribution in [3.05, 3.63) is 35.4 Å². The zero-order valence-electron chi connectivity index (χ0n) is 9.37. The first-order valence-electron chi connectivity index (χ1n) is 5.61. The van der Waals surface area contributed by atoms with E-state index in [1.807, 2.05) is 0 Å². The van der Waals surface area contributed by atoms with Crippen LogP contribution in [0.1, 0.15) is 30.1 Å². The van der Waals surface area contributed by atoms with E-state index in [-0.39, 0.29) is 5.41 Å². The van der Waals surface area contributed by atoms with Crippen LogP contribution in [0.2, 0.25) is 0 Å². The van der Waals surface area contributed by atoms with Gasteiger partial charge < -0.3 is 15.3 Å². The van der Waals surface area contributed by atoms with E-state index < -0.39 is 18.8 Å². The number of nitriles is 1. The van der Waals surface area contributed by atoms with Crippen LogP contribution in [0, 0.1) is 11.3 Å². The molecule has 1 aliphatic carbocycles. The van der Waals surface area contributed by atoms with E-state index in [2.05, 4.69) is 6.07 Å². The zero-order chi connectivity index (χ0) is 12.5. The molecule has 0 saturated heterocycles. The van der Waals surface area contributed by atoms with E-state index in [0.717, 1.165) is 18.4 Å². The van der Waals surface area contributed by atoms with E-state index in [1.165, 1.54) is 0 Å². The van der Waals surface area contributed by atoms with Crippen LogP contribution < -0.4 is 0 Å². The minimum Gasteiger partial charge on any atom is -0.394 e. The number of aliphatic hydroxyl groups excluding tert-OH is 3. The standard InChI is InChI=1S/C13H15NO3/c14-8-13(5-6-13)10-3-1-9(2-4-10)12(17)11(16)7-15/h1-4,11-12,15-17H,5-7H2. The molecule has 1 aliphatic rings. The second-order valence-electron chi connectivity index (χ2n) is 4.51. The molecule has 0 bridgehead atoms. The van der Waals surface area contributed by atoms with Crippen LogP contribution in [0.5, 0.6) is 0 Å². The van der Waals surface area contributed by atoms with Crippen molar-refractivity contribution in [3.63, 3.8) is 0 Å². The molecule has 3 N–H and O–H groups in total. The van der Waals surface area contributed by atoms with Gasteiger partial charge in [-0.3, -0.25) is 0 Å². The van der Waals surface area contributed by atoms with Gasteiger partial charge in [0.15, 0.2) is 0 Å². The summed E-state index contributed by atoms with van der Waals surface area (Å²) in [5.41, 5.74) is 1.16. The highest BCUT2D eigenvalue weighted by Crippen LogP contribution is 2.47. The topological polar surface area (TPSA) is 84.5 Å². The number of nitrogens with zero attached hydrogens (tertiary/aromatic N) is 1. The third-order valence-corrected chi connectivity index (χ3v) is 3.32. The fraction of sp³-hybridized carbons (Fsp3) is 0.462. The monoisotopic (exact) mass is 233 g/mol. The number of hydrogen-bond acceptors (Lipinski definition) is 4. The Kier molecular flexibility index (Phi) is 3.16. The van der Waals surface area contributed by atoms with Crippen LogP contribution in [0.25, 0.3) is 0 Å². The van der Waals surface area contributed by atoms with Gasteiger partial charge in [-0.2, -0.15) is 5.26 Å². The molecule has 0 radical (unpaired) electrons. The largest absolute Gasteiger partial charge is 0.394 e. The number of rotatable bonds is 4. The lowest BCUT2D eigenvalue weighted by Crippen LogP contribution is -2.22. The Bertz CT molecular complexity index is 431. The second kappa shape index (κ2) is 4.46. The molecule has 4 nitrogen and oxygen atoms in total. The molecule has 1 aromatic rings. The predicted molar refractivity (Wildman–Crippen MR) is 61.0 cm³/mol. The Labute approximate surface area is 99.8 Å². The molecule has 1 fully saturated rings. The summed E-state index contributed by atoms with van der Waals surface area (Å²) in [5, 5.41) is 36.8. The molecule has 2 unspecified atom stereocenters. The second-order valence-corrected chi connectivity index (χ2v) is 4.51. The average Bonchev–Trinajstić information content (AvgIpc) is 3.18. The van der Waals surface area contributed by atoms with Gasteiger partial charge in [-0.1, -0.05) is 24.3 Å². The normalized spacial score (nSPS) is 20.4. The van der Waals surface area contributed by atoms with Gasteiger partial charge in [0.25, 0.3) is 0 Å². The zero-order valence-corrected chi connectivity index (χ0v) is 9.37. The number of benzene rings is 1. The lowest BCUT2D eigenvalue weighted by Gasteiger charge is -2.16. The predicted octanol–water partition coefficient (Wildman–Crippen LogP) is 0.628. The molecule has 90 valence electrons. The molecule has 0 aliphatic heterocycles. The molecule has 0 spiro atoms. The molecule has 4 heteroatoms. The molecule has 2 rings (SSSR count). The molecule has 1 aromatic carbocycles. The fourth-order valence-electron chi connectivity index (χ4n) is 1.91. The Morgan fingerprint density at radius 3 is 2.24 bits per heavy atom. The van der Waals surface area contributed by atoms with E-state index >= 15 is 0 Å². The summed E-state index contributed by atoms with van der Waals surface area (Å²) in [6.45, 7) is -0.481. The van der Waals surface area contributed by atoms with Crippen LogP contribution in [-0.2, 0) is 5.41 Å². The highest BCUT2D eigenvalue weighted by molar-refractivity contribution is 5.40. The summed E-state index contributed by atoms with van der Waals surface area (Å²) < 4.78 is 0. The van der Waals surface area contributed by atoms with Crippen LogP contribution in [0.4, 0.5) is 0 Å². The number of aliphatic hydroxyl groups is 3.